The largest absolute Gasteiger partial charge is 0.451 e. The lowest BCUT2D eigenvalue weighted by molar-refractivity contribution is -0.117. The molecule has 0 aliphatic heterocycles. The van der Waals surface area contributed by atoms with Crippen LogP contribution in [0.3, 0.4) is 0 Å². The molecule has 5 heteroatoms. The van der Waals surface area contributed by atoms with Gasteiger partial charge in [0.2, 0.25) is 0 Å². The Labute approximate surface area is 113 Å². The molecule has 0 unspecified atom stereocenters. The number of aromatic nitrogens is 1. The molecule has 1 N–H and O–H groups in total. The monoisotopic (exact) mass is 261 g/mol. The van der Waals surface area contributed by atoms with Crippen molar-refractivity contribution in [2.24, 2.45) is 0 Å². The second-order valence-corrected chi connectivity index (χ2v) is 4.25. The topological polar surface area (TPSA) is 78.9 Å². The number of rotatable bonds is 8. The number of hydrogen-bond acceptors (Lipinski definition) is 4. The number of hydrogen-bond donors (Lipinski definition) is 1. The standard InChI is InChI=1S/C14H19N3O2/c1-2-3-4-5-6-7-16-14(18)12(9-15)8-13-10-19-11-17-13/h8,10-11H,2-7H2,1H3,(H,16,18)/b12-8-. The number of nitriles is 1. The highest BCUT2D eigenvalue weighted by Crippen LogP contribution is 2.04. The van der Waals surface area contributed by atoms with Gasteiger partial charge in [0.25, 0.3) is 5.91 Å². The number of carbonyl (C=O) groups is 1. The maximum Gasteiger partial charge on any atom is 0.262 e. The van der Waals surface area contributed by atoms with Crippen molar-refractivity contribution in [2.75, 3.05) is 6.54 Å². The van der Waals surface area contributed by atoms with Gasteiger partial charge < -0.3 is 9.73 Å². The van der Waals surface area contributed by atoms with E-state index in [1.165, 1.54) is 38.0 Å². The van der Waals surface area contributed by atoms with E-state index in [-0.39, 0.29) is 11.5 Å². The minimum atomic E-state index is -0.360. The van der Waals surface area contributed by atoms with Crippen molar-refractivity contribution in [2.45, 2.75) is 39.0 Å². The molecule has 1 aromatic rings. The SMILES string of the molecule is CCCCCCCNC(=O)/C(C#N)=C\c1cocn1. The summed E-state index contributed by atoms with van der Waals surface area (Å²) in [6, 6.07) is 1.87. The van der Waals surface area contributed by atoms with E-state index >= 15 is 0 Å². The van der Waals surface area contributed by atoms with Gasteiger partial charge in [0.15, 0.2) is 6.39 Å². The summed E-state index contributed by atoms with van der Waals surface area (Å²) in [6.45, 7) is 2.76. The van der Waals surface area contributed by atoms with Crippen LogP contribution in [0.15, 0.2) is 22.6 Å². The van der Waals surface area contributed by atoms with Crippen LogP contribution in [0.5, 0.6) is 0 Å². The Morgan fingerprint density at radius 1 is 1.47 bits per heavy atom. The van der Waals surface area contributed by atoms with Crippen LogP contribution in [0.2, 0.25) is 0 Å². The molecule has 102 valence electrons. The van der Waals surface area contributed by atoms with Crippen LogP contribution >= 0.6 is 0 Å². The van der Waals surface area contributed by atoms with Gasteiger partial charge in [-0.3, -0.25) is 4.79 Å². The van der Waals surface area contributed by atoms with Crippen molar-refractivity contribution in [3.8, 4) is 6.07 Å². The number of nitrogens with one attached hydrogen (secondary N) is 1. The molecule has 0 radical (unpaired) electrons. The second-order valence-electron chi connectivity index (χ2n) is 4.25. The Morgan fingerprint density at radius 3 is 2.89 bits per heavy atom. The van der Waals surface area contributed by atoms with Crippen molar-refractivity contribution in [3.63, 3.8) is 0 Å². The molecule has 0 fully saturated rings. The summed E-state index contributed by atoms with van der Waals surface area (Å²) >= 11 is 0. The minimum Gasteiger partial charge on any atom is -0.451 e. The fourth-order valence-electron chi connectivity index (χ4n) is 1.62. The van der Waals surface area contributed by atoms with E-state index in [9.17, 15) is 4.79 Å². The lowest BCUT2D eigenvalue weighted by Crippen LogP contribution is -2.25. The van der Waals surface area contributed by atoms with Crippen LogP contribution in [0, 0.1) is 11.3 Å². The first-order valence-electron chi connectivity index (χ1n) is 6.56. The molecule has 1 rings (SSSR count). The minimum absolute atomic E-state index is 0.0439. The molecule has 0 aliphatic rings. The van der Waals surface area contributed by atoms with Gasteiger partial charge in [-0.15, -0.1) is 0 Å². The first-order valence-corrected chi connectivity index (χ1v) is 6.56. The Kier molecular flexibility index (Phi) is 7.03. The molecule has 1 heterocycles. The highest BCUT2D eigenvalue weighted by atomic mass is 16.3. The first-order chi connectivity index (χ1) is 9.27. The quantitative estimate of drug-likeness (QED) is 0.443. The summed E-state index contributed by atoms with van der Waals surface area (Å²) in [7, 11) is 0. The van der Waals surface area contributed by atoms with E-state index in [2.05, 4.69) is 17.2 Å². The van der Waals surface area contributed by atoms with E-state index in [4.69, 9.17) is 9.68 Å². The summed E-state index contributed by atoms with van der Waals surface area (Å²) in [5, 5.41) is 11.7. The van der Waals surface area contributed by atoms with Crippen molar-refractivity contribution >= 4 is 12.0 Å². The first kappa shape index (κ1) is 15.0. The Balaban J connectivity index is 2.33. The molecule has 0 spiro atoms. The van der Waals surface area contributed by atoms with Gasteiger partial charge in [0.1, 0.15) is 23.6 Å². The van der Waals surface area contributed by atoms with Gasteiger partial charge in [-0.1, -0.05) is 32.6 Å². The van der Waals surface area contributed by atoms with Crippen molar-refractivity contribution in [3.05, 3.63) is 23.9 Å². The van der Waals surface area contributed by atoms with E-state index < -0.39 is 0 Å². The highest BCUT2D eigenvalue weighted by molar-refractivity contribution is 6.01. The van der Waals surface area contributed by atoms with Crippen LogP contribution < -0.4 is 5.32 Å². The number of oxazole rings is 1. The Morgan fingerprint density at radius 2 is 2.26 bits per heavy atom. The maximum atomic E-state index is 11.7. The molecular weight excluding hydrogens is 242 g/mol. The highest BCUT2D eigenvalue weighted by Gasteiger charge is 2.08. The average Bonchev–Trinajstić information content (AvgIpc) is 2.92. The predicted molar refractivity (Wildman–Crippen MR) is 71.9 cm³/mol. The molecular formula is C14H19N3O2. The summed E-state index contributed by atoms with van der Waals surface area (Å²) in [5.41, 5.74) is 0.511. The van der Waals surface area contributed by atoms with Gasteiger partial charge in [-0.2, -0.15) is 5.26 Å². The van der Waals surface area contributed by atoms with Gasteiger partial charge >= 0.3 is 0 Å². The average molecular weight is 261 g/mol. The molecule has 0 bridgehead atoms. The van der Waals surface area contributed by atoms with Crippen LogP contribution in [0.4, 0.5) is 0 Å². The predicted octanol–water partition coefficient (Wildman–Crippen LogP) is 2.67. The zero-order valence-corrected chi connectivity index (χ0v) is 11.2. The summed E-state index contributed by atoms with van der Waals surface area (Å²) in [5.74, 6) is -0.360. The van der Waals surface area contributed by atoms with Crippen LogP contribution in [0.25, 0.3) is 6.08 Å². The zero-order chi connectivity index (χ0) is 13.9. The molecule has 0 aliphatic carbocycles. The van der Waals surface area contributed by atoms with Crippen molar-refractivity contribution < 1.29 is 9.21 Å². The number of nitrogens with zero attached hydrogens (tertiary/aromatic N) is 2. The number of unbranched alkanes of at least 4 members (excludes halogenated alkanes) is 4. The van der Waals surface area contributed by atoms with E-state index in [1.54, 1.807) is 0 Å². The van der Waals surface area contributed by atoms with Gasteiger partial charge in [0.05, 0.1) is 0 Å². The van der Waals surface area contributed by atoms with E-state index in [1.807, 2.05) is 6.07 Å². The fraction of sp³-hybridized carbons (Fsp3) is 0.500. The Hall–Kier alpha value is -2.09. The van der Waals surface area contributed by atoms with Crippen molar-refractivity contribution in [1.29, 1.82) is 5.26 Å². The number of amides is 1. The number of carbonyl (C=O) groups excluding carboxylic acids is 1. The van der Waals surface area contributed by atoms with Crippen LogP contribution in [-0.2, 0) is 4.79 Å². The molecule has 0 atom stereocenters. The van der Waals surface area contributed by atoms with Gasteiger partial charge in [-0.25, -0.2) is 4.98 Å². The third-order valence-corrected chi connectivity index (χ3v) is 2.67. The fourth-order valence-corrected chi connectivity index (χ4v) is 1.62. The maximum absolute atomic E-state index is 11.7. The normalized spacial score (nSPS) is 11.1. The van der Waals surface area contributed by atoms with Crippen LogP contribution in [-0.4, -0.2) is 17.4 Å². The lowest BCUT2D eigenvalue weighted by Gasteiger charge is -2.03. The van der Waals surface area contributed by atoms with Gasteiger partial charge in [-0.05, 0) is 12.5 Å². The molecule has 0 saturated heterocycles. The van der Waals surface area contributed by atoms with Gasteiger partial charge in [0, 0.05) is 6.54 Å². The van der Waals surface area contributed by atoms with Crippen molar-refractivity contribution in [1.82, 2.24) is 10.3 Å². The third-order valence-electron chi connectivity index (χ3n) is 2.67. The molecule has 1 aromatic heterocycles. The van der Waals surface area contributed by atoms with E-state index in [0.717, 1.165) is 12.8 Å². The smallest absolute Gasteiger partial charge is 0.262 e. The summed E-state index contributed by atoms with van der Waals surface area (Å²) in [4.78, 5) is 15.6. The lowest BCUT2D eigenvalue weighted by atomic mass is 10.1. The van der Waals surface area contributed by atoms with E-state index in [0.29, 0.717) is 12.2 Å². The Bertz CT molecular complexity index is 444. The molecule has 19 heavy (non-hydrogen) atoms. The molecule has 1 amide bonds. The zero-order valence-electron chi connectivity index (χ0n) is 11.2. The molecule has 5 nitrogen and oxygen atoms in total. The molecule has 0 saturated carbocycles. The summed E-state index contributed by atoms with van der Waals surface area (Å²) in [6.07, 6.45) is 9.70. The third kappa shape index (κ3) is 5.87. The van der Waals surface area contributed by atoms with Crippen LogP contribution in [0.1, 0.15) is 44.7 Å². The second kappa shape index (κ2) is 8.92. The summed E-state index contributed by atoms with van der Waals surface area (Å²) < 4.78 is 4.78. The molecule has 0 aromatic carbocycles.